The number of benzene rings is 1. The average molecular weight is 487 g/mol. The van der Waals surface area contributed by atoms with Gasteiger partial charge in [0, 0.05) is 48.9 Å². The summed E-state index contributed by atoms with van der Waals surface area (Å²) in [5.41, 5.74) is 3.98. The van der Waals surface area contributed by atoms with Crippen LogP contribution in [-0.2, 0) is 17.8 Å². The number of rotatable bonds is 7. The lowest BCUT2D eigenvalue weighted by atomic mass is 9.93. The Labute approximate surface area is 211 Å². The zero-order chi connectivity index (χ0) is 25.2. The zero-order valence-corrected chi connectivity index (χ0v) is 21.5. The van der Waals surface area contributed by atoms with E-state index in [2.05, 4.69) is 45.0 Å². The molecule has 3 aromatic heterocycles. The Balaban J connectivity index is 1.26. The van der Waals surface area contributed by atoms with E-state index in [9.17, 15) is 4.79 Å². The monoisotopic (exact) mass is 486 g/mol. The standard InChI is InChI=1S/C27H34N8O/c1-17(2)13-26-30-21-7-5-6-8-23(21)35(26)16-27(36)34-11-9-20(10-12-34)22-15-24(29-19(4)28-22)31-25-14-18(3)32-33-25/h5-8,14-15,17,20H,9-13,16H2,1-4H3,(H2,28,29,31,32,33). The number of anilines is 2. The van der Waals surface area contributed by atoms with Crippen LogP contribution < -0.4 is 5.32 Å². The molecule has 0 radical (unpaired) electrons. The van der Waals surface area contributed by atoms with Crippen molar-refractivity contribution < 1.29 is 4.79 Å². The Morgan fingerprint density at radius 3 is 2.58 bits per heavy atom. The number of para-hydroxylation sites is 2. The normalized spacial score (nSPS) is 14.6. The van der Waals surface area contributed by atoms with Gasteiger partial charge in [-0.2, -0.15) is 5.10 Å². The summed E-state index contributed by atoms with van der Waals surface area (Å²) in [6.45, 7) is 10.0. The van der Waals surface area contributed by atoms with Crippen molar-refractivity contribution in [1.29, 1.82) is 0 Å². The molecule has 0 bridgehead atoms. The second-order valence-electron chi connectivity index (χ2n) is 10.1. The van der Waals surface area contributed by atoms with Crippen LogP contribution in [0.1, 0.15) is 55.6 Å². The van der Waals surface area contributed by atoms with Gasteiger partial charge < -0.3 is 14.8 Å². The van der Waals surface area contributed by atoms with E-state index in [1.54, 1.807) is 0 Å². The number of amides is 1. The molecule has 4 aromatic rings. The number of carbonyl (C=O) groups is 1. The van der Waals surface area contributed by atoms with Gasteiger partial charge in [-0.25, -0.2) is 15.0 Å². The van der Waals surface area contributed by atoms with Crippen LogP contribution in [0.15, 0.2) is 36.4 Å². The van der Waals surface area contributed by atoms with Crippen LogP contribution in [0.2, 0.25) is 0 Å². The SMILES string of the molecule is Cc1nc(Nc2cc(C)[nH]n2)cc(C2CCN(C(=O)Cn3c(CC(C)C)nc4ccccc43)CC2)n1. The van der Waals surface area contributed by atoms with E-state index in [-0.39, 0.29) is 5.91 Å². The van der Waals surface area contributed by atoms with E-state index >= 15 is 0 Å². The number of fused-ring (bicyclic) bond motifs is 1. The highest BCUT2D eigenvalue weighted by Crippen LogP contribution is 2.29. The van der Waals surface area contributed by atoms with E-state index in [1.807, 2.05) is 49.1 Å². The number of carbonyl (C=O) groups excluding carboxylic acids is 1. The number of nitrogens with one attached hydrogen (secondary N) is 2. The highest BCUT2D eigenvalue weighted by Gasteiger charge is 2.26. The van der Waals surface area contributed by atoms with E-state index in [0.29, 0.717) is 18.4 Å². The molecule has 1 amide bonds. The van der Waals surface area contributed by atoms with Crippen LogP contribution in [0.3, 0.4) is 0 Å². The molecule has 1 aliphatic rings. The number of H-pyrrole nitrogens is 1. The summed E-state index contributed by atoms with van der Waals surface area (Å²) in [6.07, 6.45) is 2.62. The second-order valence-corrected chi connectivity index (χ2v) is 10.1. The molecule has 9 heteroatoms. The Morgan fingerprint density at radius 2 is 1.86 bits per heavy atom. The minimum Gasteiger partial charge on any atom is -0.341 e. The minimum absolute atomic E-state index is 0.150. The highest BCUT2D eigenvalue weighted by atomic mass is 16.2. The first-order chi connectivity index (χ1) is 17.4. The molecule has 4 heterocycles. The molecule has 5 rings (SSSR count). The molecule has 2 N–H and O–H groups in total. The number of aryl methyl sites for hydroxylation is 2. The number of imidazole rings is 1. The summed E-state index contributed by atoms with van der Waals surface area (Å²) in [7, 11) is 0. The smallest absolute Gasteiger partial charge is 0.242 e. The van der Waals surface area contributed by atoms with Crippen molar-refractivity contribution in [2.45, 2.75) is 59.4 Å². The molecule has 36 heavy (non-hydrogen) atoms. The van der Waals surface area contributed by atoms with Crippen LogP contribution in [0, 0.1) is 19.8 Å². The number of aromatic nitrogens is 6. The summed E-state index contributed by atoms with van der Waals surface area (Å²) in [5, 5.41) is 10.4. The fourth-order valence-corrected chi connectivity index (χ4v) is 4.96. The maximum atomic E-state index is 13.3. The number of aromatic amines is 1. The first-order valence-corrected chi connectivity index (χ1v) is 12.7. The van der Waals surface area contributed by atoms with Crippen LogP contribution in [0.5, 0.6) is 0 Å². The summed E-state index contributed by atoms with van der Waals surface area (Å²) >= 11 is 0. The Morgan fingerprint density at radius 1 is 1.08 bits per heavy atom. The van der Waals surface area contributed by atoms with Gasteiger partial charge in [-0.15, -0.1) is 0 Å². The number of nitrogens with zero attached hydrogens (tertiary/aromatic N) is 6. The van der Waals surface area contributed by atoms with Crippen molar-refractivity contribution in [3.63, 3.8) is 0 Å². The largest absolute Gasteiger partial charge is 0.341 e. The Kier molecular flexibility index (Phi) is 6.71. The van der Waals surface area contributed by atoms with Crippen LogP contribution in [0.25, 0.3) is 11.0 Å². The fraction of sp³-hybridized carbons (Fsp3) is 0.444. The van der Waals surface area contributed by atoms with E-state index < -0.39 is 0 Å². The molecule has 9 nitrogen and oxygen atoms in total. The van der Waals surface area contributed by atoms with Gasteiger partial charge in [0.05, 0.1) is 11.0 Å². The molecule has 1 aliphatic heterocycles. The number of hydrogen-bond acceptors (Lipinski definition) is 6. The van der Waals surface area contributed by atoms with Gasteiger partial charge in [-0.1, -0.05) is 26.0 Å². The lowest BCUT2D eigenvalue weighted by molar-refractivity contribution is -0.132. The van der Waals surface area contributed by atoms with Crippen molar-refractivity contribution in [2.75, 3.05) is 18.4 Å². The molecule has 0 atom stereocenters. The number of piperidine rings is 1. The molecular formula is C27H34N8O. The summed E-state index contributed by atoms with van der Waals surface area (Å²) < 4.78 is 2.10. The van der Waals surface area contributed by atoms with Gasteiger partial charge in [0.25, 0.3) is 0 Å². The predicted molar refractivity (Wildman–Crippen MR) is 140 cm³/mol. The highest BCUT2D eigenvalue weighted by molar-refractivity contribution is 5.81. The molecule has 0 unspecified atom stereocenters. The first-order valence-electron chi connectivity index (χ1n) is 12.7. The van der Waals surface area contributed by atoms with Gasteiger partial charge in [-0.3, -0.25) is 9.89 Å². The van der Waals surface area contributed by atoms with Crippen LogP contribution in [-0.4, -0.2) is 53.6 Å². The lowest BCUT2D eigenvalue weighted by Gasteiger charge is -2.32. The molecule has 1 fully saturated rings. The third-order valence-electron chi connectivity index (χ3n) is 6.70. The van der Waals surface area contributed by atoms with Gasteiger partial charge in [0.15, 0.2) is 5.82 Å². The van der Waals surface area contributed by atoms with Crippen molar-refractivity contribution in [2.24, 2.45) is 5.92 Å². The molecule has 188 valence electrons. The van der Waals surface area contributed by atoms with Crippen molar-refractivity contribution in [1.82, 2.24) is 34.6 Å². The maximum Gasteiger partial charge on any atom is 0.242 e. The Bertz CT molecular complexity index is 1360. The molecule has 0 spiro atoms. The quantitative estimate of drug-likeness (QED) is 0.398. The van der Waals surface area contributed by atoms with Gasteiger partial charge >= 0.3 is 0 Å². The number of hydrogen-bond donors (Lipinski definition) is 2. The summed E-state index contributed by atoms with van der Waals surface area (Å²) in [5.74, 6) is 4.11. The predicted octanol–water partition coefficient (Wildman–Crippen LogP) is 4.51. The molecule has 0 aliphatic carbocycles. The van der Waals surface area contributed by atoms with Crippen LogP contribution >= 0.6 is 0 Å². The van der Waals surface area contributed by atoms with Gasteiger partial charge in [0.1, 0.15) is 24.0 Å². The van der Waals surface area contributed by atoms with Gasteiger partial charge in [0.2, 0.25) is 5.91 Å². The summed E-state index contributed by atoms with van der Waals surface area (Å²) in [6, 6.07) is 12.0. The lowest BCUT2D eigenvalue weighted by Crippen LogP contribution is -2.40. The molecule has 1 saturated heterocycles. The van der Waals surface area contributed by atoms with Gasteiger partial charge in [-0.05, 0) is 44.7 Å². The van der Waals surface area contributed by atoms with Crippen LogP contribution in [0.4, 0.5) is 11.6 Å². The second kappa shape index (κ2) is 10.1. The summed E-state index contributed by atoms with van der Waals surface area (Å²) in [4.78, 5) is 29.4. The van der Waals surface area contributed by atoms with E-state index in [4.69, 9.17) is 9.97 Å². The Hall–Kier alpha value is -3.75. The fourth-order valence-electron chi connectivity index (χ4n) is 4.96. The first kappa shape index (κ1) is 24.0. The topological polar surface area (TPSA) is 105 Å². The van der Waals surface area contributed by atoms with Crippen molar-refractivity contribution >= 4 is 28.6 Å². The third-order valence-corrected chi connectivity index (χ3v) is 6.70. The average Bonchev–Trinajstić information content (AvgIpc) is 3.41. The molecule has 0 saturated carbocycles. The molecular weight excluding hydrogens is 452 g/mol. The van der Waals surface area contributed by atoms with Crippen molar-refractivity contribution in [3.8, 4) is 0 Å². The third kappa shape index (κ3) is 5.24. The molecule has 1 aromatic carbocycles. The number of likely N-dealkylation sites (tertiary alicyclic amines) is 1. The van der Waals surface area contributed by atoms with E-state index in [0.717, 1.165) is 78.1 Å². The van der Waals surface area contributed by atoms with Crippen molar-refractivity contribution in [3.05, 3.63) is 59.4 Å². The van der Waals surface area contributed by atoms with E-state index in [1.165, 1.54) is 0 Å². The zero-order valence-electron chi connectivity index (χ0n) is 21.5. The minimum atomic E-state index is 0.150. The maximum absolute atomic E-state index is 13.3.